The van der Waals surface area contributed by atoms with Crippen molar-refractivity contribution in [1.29, 1.82) is 0 Å². The molecule has 0 saturated heterocycles. The van der Waals surface area contributed by atoms with Gasteiger partial charge in [-0.1, -0.05) is 0 Å². The zero-order valence-electron chi connectivity index (χ0n) is 8.78. The first kappa shape index (κ1) is 12.2. The topological polar surface area (TPSA) is 69.6 Å². The Morgan fingerprint density at radius 2 is 2.33 bits per heavy atom. The highest BCUT2D eigenvalue weighted by molar-refractivity contribution is 7.10. The van der Waals surface area contributed by atoms with E-state index in [9.17, 15) is 9.90 Å². The van der Waals surface area contributed by atoms with Crippen molar-refractivity contribution in [3.8, 4) is 0 Å². The summed E-state index contributed by atoms with van der Waals surface area (Å²) in [6.07, 6.45) is 0. The molecule has 0 aliphatic carbocycles. The van der Waals surface area contributed by atoms with Gasteiger partial charge in [-0.3, -0.25) is 0 Å². The Labute approximate surface area is 92.6 Å². The summed E-state index contributed by atoms with van der Waals surface area (Å²) in [6.45, 7) is 3.92. The van der Waals surface area contributed by atoms with Gasteiger partial charge in [0.25, 0.3) is 0 Å². The second kappa shape index (κ2) is 4.74. The number of rotatable bonds is 5. The highest BCUT2D eigenvalue weighted by Crippen LogP contribution is 2.15. The van der Waals surface area contributed by atoms with Gasteiger partial charge in [0.1, 0.15) is 0 Å². The molecule has 0 aliphatic heterocycles. The SMILES string of the molecule is Cc1ccsc1CNCC(C)(O)C(=O)O. The monoisotopic (exact) mass is 229 g/mol. The van der Waals surface area contributed by atoms with Gasteiger partial charge in [-0.25, -0.2) is 4.79 Å². The van der Waals surface area contributed by atoms with E-state index in [4.69, 9.17) is 5.11 Å². The summed E-state index contributed by atoms with van der Waals surface area (Å²) in [5, 5.41) is 23.0. The van der Waals surface area contributed by atoms with Crippen molar-refractivity contribution < 1.29 is 15.0 Å². The molecule has 0 saturated carbocycles. The predicted molar refractivity (Wildman–Crippen MR) is 59.0 cm³/mol. The van der Waals surface area contributed by atoms with Crippen LogP contribution in [-0.4, -0.2) is 28.3 Å². The zero-order chi connectivity index (χ0) is 11.5. The number of carboxylic acids is 1. The van der Waals surface area contributed by atoms with Crippen LogP contribution in [0.1, 0.15) is 17.4 Å². The molecule has 1 unspecified atom stereocenters. The van der Waals surface area contributed by atoms with E-state index >= 15 is 0 Å². The van der Waals surface area contributed by atoms with Crippen molar-refractivity contribution in [2.45, 2.75) is 26.0 Å². The lowest BCUT2D eigenvalue weighted by Crippen LogP contribution is -2.44. The minimum absolute atomic E-state index is 0.0413. The summed E-state index contributed by atoms with van der Waals surface area (Å²) in [4.78, 5) is 11.8. The van der Waals surface area contributed by atoms with E-state index in [0.29, 0.717) is 6.54 Å². The van der Waals surface area contributed by atoms with E-state index in [1.54, 1.807) is 11.3 Å². The molecule has 15 heavy (non-hydrogen) atoms. The molecule has 1 aromatic rings. The van der Waals surface area contributed by atoms with Crippen LogP contribution in [0.2, 0.25) is 0 Å². The predicted octanol–water partition coefficient (Wildman–Crippen LogP) is 0.982. The van der Waals surface area contributed by atoms with Gasteiger partial charge in [0.05, 0.1) is 0 Å². The quantitative estimate of drug-likeness (QED) is 0.704. The number of nitrogens with one attached hydrogen (secondary N) is 1. The molecule has 1 aromatic heterocycles. The summed E-state index contributed by atoms with van der Waals surface area (Å²) in [7, 11) is 0. The van der Waals surface area contributed by atoms with E-state index in [-0.39, 0.29) is 6.54 Å². The fourth-order valence-corrected chi connectivity index (χ4v) is 1.96. The third-order valence-corrected chi connectivity index (χ3v) is 3.21. The minimum atomic E-state index is -1.70. The summed E-state index contributed by atoms with van der Waals surface area (Å²) in [6, 6.07) is 2.01. The Bertz CT molecular complexity index is 346. The molecular weight excluding hydrogens is 214 g/mol. The largest absolute Gasteiger partial charge is 0.479 e. The lowest BCUT2D eigenvalue weighted by atomic mass is 10.1. The maximum atomic E-state index is 10.6. The Hall–Kier alpha value is -0.910. The Morgan fingerprint density at radius 3 is 2.80 bits per heavy atom. The highest BCUT2D eigenvalue weighted by atomic mass is 32.1. The highest BCUT2D eigenvalue weighted by Gasteiger charge is 2.29. The van der Waals surface area contributed by atoms with Gasteiger partial charge in [0.2, 0.25) is 0 Å². The van der Waals surface area contributed by atoms with E-state index in [1.165, 1.54) is 12.5 Å². The normalized spacial score (nSPS) is 14.9. The van der Waals surface area contributed by atoms with Crippen molar-refractivity contribution in [3.05, 3.63) is 21.9 Å². The summed E-state index contributed by atoms with van der Waals surface area (Å²) in [5.41, 5.74) is -0.520. The first-order chi connectivity index (χ1) is 6.93. The van der Waals surface area contributed by atoms with Crippen molar-refractivity contribution in [1.82, 2.24) is 5.32 Å². The first-order valence-corrected chi connectivity index (χ1v) is 5.51. The van der Waals surface area contributed by atoms with Crippen LogP contribution in [-0.2, 0) is 11.3 Å². The number of carboxylic acid groups (broad SMARTS) is 1. The second-order valence-electron chi connectivity index (χ2n) is 3.71. The van der Waals surface area contributed by atoms with Crippen molar-refractivity contribution in [2.75, 3.05) is 6.54 Å². The number of aryl methyl sites for hydroxylation is 1. The van der Waals surface area contributed by atoms with Crippen LogP contribution in [0.25, 0.3) is 0 Å². The average molecular weight is 229 g/mol. The van der Waals surface area contributed by atoms with Crippen LogP contribution >= 0.6 is 11.3 Å². The molecular formula is C10H15NO3S. The maximum Gasteiger partial charge on any atom is 0.336 e. The number of carbonyl (C=O) groups is 1. The first-order valence-electron chi connectivity index (χ1n) is 4.63. The molecule has 0 fully saturated rings. The third-order valence-electron chi connectivity index (χ3n) is 2.18. The molecule has 0 spiro atoms. The van der Waals surface area contributed by atoms with Gasteiger partial charge in [0.15, 0.2) is 5.60 Å². The molecule has 3 N–H and O–H groups in total. The van der Waals surface area contributed by atoms with E-state index in [2.05, 4.69) is 5.32 Å². The van der Waals surface area contributed by atoms with Crippen molar-refractivity contribution in [2.24, 2.45) is 0 Å². The number of aliphatic hydroxyl groups is 1. The lowest BCUT2D eigenvalue weighted by Gasteiger charge is -2.18. The zero-order valence-corrected chi connectivity index (χ0v) is 9.60. The van der Waals surface area contributed by atoms with Gasteiger partial charge in [-0.05, 0) is 30.9 Å². The molecule has 1 rings (SSSR count). The standard InChI is InChI=1S/C10H15NO3S/c1-7-3-4-15-8(7)5-11-6-10(2,14)9(12)13/h3-4,11,14H,5-6H2,1-2H3,(H,12,13). The van der Waals surface area contributed by atoms with Crippen LogP contribution in [0.5, 0.6) is 0 Å². The molecule has 0 radical (unpaired) electrons. The van der Waals surface area contributed by atoms with Gasteiger partial charge in [0, 0.05) is 18.0 Å². The molecule has 1 heterocycles. The molecule has 84 valence electrons. The van der Waals surface area contributed by atoms with Crippen LogP contribution in [0, 0.1) is 6.92 Å². The van der Waals surface area contributed by atoms with Gasteiger partial charge < -0.3 is 15.5 Å². The van der Waals surface area contributed by atoms with Crippen LogP contribution in [0.3, 0.4) is 0 Å². The Morgan fingerprint density at radius 1 is 1.67 bits per heavy atom. The number of hydrogen-bond acceptors (Lipinski definition) is 4. The minimum Gasteiger partial charge on any atom is -0.479 e. The molecule has 4 nitrogen and oxygen atoms in total. The summed E-state index contributed by atoms with van der Waals surface area (Å²) < 4.78 is 0. The molecule has 0 amide bonds. The van der Waals surface area contributed by atoms with Crippen molar-refractivity contribution in [3.63, 3.8) is 0 Å². The Balaban J connectivity index is 2.40. The fraction of sp³-hybridized carbons (Fsp3) is 0.500. The number of aliphatic carboxylic acids is 1. The Kier molecular flexibility index (Phi) is 3.84. The van der Waals surface area contributed by atoms with E-state index in [0.717, 1.165) is 4.88 Å². The molecule has 0 bridgehead atoms. The van der Waals surface area contributed by atoms with Gasteiger partial charge in [-0.15, -0.1) is 11.3 Å². The fourth-order valence-electron chi connectivity index (χ4n) is 1.08. The van der Waals surface area contributed by atoms with E-state index < -0.39 is 11.6 Å². The lowest BCUT2D eigenvalue weighted by molar-refractivity contribution is -0.156. The number of thiophene rings is 1. The average Bonchev–Trinajstić information content (AvgIpc) is 2.51. The third kappa shape index (κ3) is 3.30. The van der Waals surface area contributed by atoms with Gasteiger partial charge >= 0.3 is 5.97 Å². The van der Waals surface area contributed by atoms with Gasteiger partial charge in [-0.2, -0.15) is 0 Å². The van der Waals surface area contributed by atoms with Crippen molar-refractivity contribution >= 4 is 17.3 Å². The smallest absolute Gasteiger partial charge is 0.336 e. The van der Waals surface area contributed by atoms with Crippen LogP contribution in [0.4, 0.5) is 0 Å². The molecule has 1 atom stereocenters. The van der Waals surface area contributed by atoms with E-state index in [1.807, 2.05) is 18.4 Å². The molecule has 0 aliphatic rings. The molecule has 5 heteroatoms. The number of hydrogen-bond donors (Lipinski definition) is 3. The summed E-state index contributed by atoms with van der Waals surface area (Å²) in [5.74, 6) is -1.21. The maximum absolute atomic E-state index is 10.6. The second-order valence-corrected chi connectivity index (χ2v) is 4.71. The van der Waals surface area contributed by atoms with Crippen LogP contribution < -0.4 is 5.32 Å². The van der Waals surface area contributed by atoms with Crippen LogP contribution in [0.15, 0.2) is 11.4 Å². The summed E-state index contributed by atoms with van der Waals surface area (Å²) >= 11 is 1.62. The molecule has 0 aromatic carbocycles.